The molecule has 1 aromatic carbocycles. The highest BCUT2D eigenvalue weighted by molar-refractivity contribution is 7.88. The van der Waals surface area contributed by atoms with Crippen molar-refractivity contribution in [3.63, 3.8) is 0 Å². The second kappa shape index (κ2) is 11.3. The van der Waals surface area contributed by atoms with E-state index in [1.165, 1.54) is 4.88 Å². The fourth-order valence-electron chi connectivity index (χ4n) is 2.80. The number of rotatable bonds is 10. The van der Waals surface area contributed by atoms with E-state index in [1.54, 1.807) is 11.3 Å². The minimum atomic E-state index is -3.31. The van der Waals surface area contributed by atoms with Gasteiger partial charge in [0, 0.05) is 29.9 Å². The van der Waals surface area contributed by atoms with Gasteiger partial charge in [0.1, 0.15) is 0 Å². The Kier molecular flexibility index (Phi) is 9.13. The van der Waals surface area contributed by atoms with Gasteiger partial charge < -0.3 is 10.6 Å². The molecule has 0 aliphatic heterocycles. The van der Waals surface area contributed by atoms with Crippen LogP contribution in [-0.4, -0.2) is 33.5 Å². The van der Waals surface area contributed by atoms with E-state index in [0.717, 1.165) is 30.2 Å². The Morgan fingerprint density at radius 1 is 1.07 bits per heavy atom. The Labute approximate surface area is 178 Å². The van der Waals surface area contributed by atoms with Crippen molar-refractivity contribution in [1.82, 2.24) is 15.4 Å². The van der Waals surface area contributed by atoms with Crippen molar-refractivity contribution in [2.45, 2.75) is 52.0 Å². The zero-order valence-corrected chi connectivity index (χ0v) is 19.2. The van der Waals surface area contributed by atoms with E-state index in [2.05, 4.69) is 44.8 Å². The third-order valence-corrected chi connectivity index (χ3v) is 6.81. The first-order valence-electron chi connectivity index (χ1n) is 9.92. The molecule has 160 valence electrons. The topological polar surface area (TPSA) is 82.6 Å². The molecule has 0 radical (unpaired) electrons. The molecule has 0 aliphatic carbocycles. The normalized spacial score (nSPS) is 13.5. The molecular formula is C21H32N4O2S2. The quantitative estimate of drug-likeness (QED) is 0.394. The summed E-state index contributed by atoms with van der Waals surface area (Å²) in [6, 6.07) is 11.7. The molecule has 0 bridgehead atoms. The van der Waals surface area contributed by atoms with Gasteiger partial charge in [-0.25, -0.2) is 18.1 Å². The van der Waals surface area contributed by atoms with Crippen LogP contribution in [-0.2, 0) is 22.3 Å². The highest BCUT2D eigenvalue weighted by atomic mass is 32.2. The van der Waals surface area contributed by atoms with E-state index in [4.69, 9.17) is 0 Å². The van der Waals surface area contributed by atoms with Gasteiger partial charge in [0.15, 0.2) is 5.96 Å². The molecule has 0 aliphatic rings. The molecule has 6 nitrogen and oxygen atoms in total. The van der Waals surface area contributed by atoms with E-state index < -0.39 is 10.0 Å². The standard InChI is InChI=1S/C21H32N4O2S2/c1-5-22-21(23-13-17(4)20-7-6-12-28-20)24-14-18-8-10-19(11-9-18)15-29(26,27)25-16(2)3/h6-12,16-17,25H,5,13-15H2,1-4H3,(H2,22,23,24). The number of thiophene rings is 1. The molecule has 1 heterocycles. The van der Waals surface area contributed by atoms with E-state index in [1.807, 2.05) is 45.0 Å². The van der Waals surface area contributed by atoms with E-state index in [9.17, 15) is 8.42 Å². The van der Waals surface area contributed by atoms with Crippen molar-refractivity contribution in [3.05, 3.63) is 57.8 Å². The van der Waals surface area contributed by atoms with Crippen molar-refractivity contribution in [3.8, 4) is 0 Å². The lowest BCUT2D eigenvalue weighted by Crippen LogP contribution is -2.39. The lowest BCUT2D eigenvalue weighted by molar-refractivity contribution is 0.569. The number of sulfonamides is 1. The Balaban J connectivity index is 1.93. The predicted octanol–water partition coefficient (Wildman–Crippen LogP) is 3.43. The predicted molar refractivity (Wildman–Crippen MR) is 123 cm³/mol. The van der Waals surface area contributed by atoms with Crippen molar-refractivity contribution in [1.29, 1.82) is 0 Å². The van der Waals surface area contributed by atoms with Gasteiger partial charge >= 0.3 is 0 Å². The summed E-state index contributed by atoms with van der Waals surface area (Å²) in [5.41, 5.74) is 1.80. The molecule has 0 saturated carbocycles. The van der Waals surface area contributed by atoms with Crippen LogP contribution < -0.4 is 15.4 Å². The van der Waals surface area contributed by atoms with Gasteiger partial charge in [0.2, 0.25) is 10.0 Å². The largest absolute Gasteiger partial charge is 0.357 e. The van der Waals surface area contributed by atoms with Crippen molar-refractivity contribution >= 4 is 27.3 Å². The maximum atomic E-state index is 12.0. The molecule has 3 N–H and O–H groups in total. The Hall–Kier alpha value is -1.90. The number of hydrogen-bond donors (Lipinski definition) is 3. The monoisotopic (exact) mass is 436 g/mol. The third-order valence-electron chi connectivity index (χ3n) is 4.16. The van der Waals surface area contributed by atoms with Crippen molar-refractivity contribution < 1.29 is 8.42 Å². The average molecular weight is 437 g/mol. The summed E-state index contributed by atoms with van der Waals surface area (Å²) in [6.45, 7) is 10.0. The van der Waals surface area contributed by atoms with Gasteiger partial charge in [-0.3, -0.25) is 0 Å². The molecule has 0 spiro atoms. The van der Waals surface area contributed by atoms with Gasteiger partial charge in [-0.2, -0.15) is 0 Å². The first kappa shape index (κ1) is 23.4. The first-order chi connectivity index (χ1) is 13.8. The molecule has 2 aromatic rings. The zero-order chi connectivity index (χ0) is 21.3. The maximum Gasteiger partial charge on any atom is 0.216 e. The van der Waals surface area contributed by atoms with Crippen LogP contribution in [0, 0.1) is 0 Å². The summed E-state index contributed by atoms with van der Waals surface area (Å²) >= 11 is 1.77. The van der Waals surface area contributed by atoms with E-state index >= 15 is 0 Å². The lowest BCUT2D eigenvalue weighted by atomic mass is 10.1. The summed E-state index contributed by atoms with van der Waals surface area (Å²) in [7, 11) is -3.31. The zero-order valence-electron chi connectivity index (χ0n) is 17.6. The number of hydrogen-bond acceptors (Lipinski definition) is 4. The molecule has 1 unspecified atom stereocenters. The molecule has 2 rings (SSSR count). The van der Waals surface area contributed by atoms with Gasteiger partial charge in [0.05, 0.1) is 12.3 Å². The Morgan fingerprint density at radius 2 is 1.76 bits per heavy atom. The van der Waals surface area contributed by atoms with Crippen LogP contribution in [0.25, 0.3) is 0 Å². The molecule has 1 atom stereocenters. The number of guanidine groups is 1. The van der Waals surface area contributed by atoms with Crippen LogP contribution in [0.15, 0.2) is 46.8 Å². The molecule has 8 heteroatoms. The summed E-state index contributed by atoms with van der Waals surface area (Å²) in [4.78, 5) is 6.00. The van der Waals surface area contributed by atoms with Gasteiger partial charge in [0.25, 0.3) is 0 Å². The van der Waals surface area contributed by atoms with Crippen molar-refractivity contribution in [2.75, 3.05) is 13.1 Å². The summed E-state index contributed by atoms with van der Waals surface area (Å²) in [5.74, 6) is 1.18. The summed E-state index contributed by atoms with van der Waals surface area (Å²) < 4.78 is 26.7. The minimum absolute atomic E-state index is 0.0144. The minimum Gasteiger partial charge on any atom is -0.357 e. The number of nitrogens with zero attached hydrogens (tertiary/aromatic N) is 1. The average Bonchev–Trinajstić information content (AvgIpc) is 3.18. The molecule has 1 aromatic heterocycles. The van der Waals surface area contributed by atoms with Gasteiger partial charge in [-0.1, -0.05) is 37.3 Å². The summed E-state index contributed by atoms with van der Waals surface area (Å²) in [5, 5.41) is 8.76. The van der Waals surface area contributed by atoms with Crippen LogP contribution in [0.1, 0.15) is 49.6 Å². The van der Waals surface area contributed by atoms with E-state index in [-0.39, 0.29) is 11.8 Å². The molecular weight excluding hydrogens is 404 g/mol. The smallest absolute Gasteiger partial charge is 0.216 e. The van der Waals surface area contributed by atoms with Gasteiger partial charge in [-0.05, 0) is 43.3 Å². The number of benzene rings is 1. The first-order valence-corrected chi connectivity index (χ1v) is 12.5. The fourth-order valence-corrected chi connectivity index (χ4v) is 5.02. The number of aliphatic imine (C=N–C) groups is 1. The second-order valence-electron chi connectivity index (χ2n) is 7.34. The third kappa shape index (κ3) is 8.55. The molecule has 0 fully saturated rings. The molecule has 0 amide bonds. The lowest BCUT2D eigenvalue weighted by Gasteiger charge is -2.15. The highest BCUT2D eigenvalue weighted by Crippen LogP contribution is 2.19. The fraction of sp³-hybridized carbons (Fsp3) is 0.476. The van der Waals surface area contributed by atoms with Gasteiger partial charge in [-0.15, -0.1) is 11.3 Å². The van der Waals surface area contributed by atoms with E-state index in [0.29, 0.717) is 12.5 Å². The second-order valence-corrected chi connectivity index (χ2v) is 10.1. The number of nitrogens with one attached hydrogen (secondary N) is 3. The molecule has 29 heavy (non-hydrogen) atoms. The SMILES string of the molecule is CCNC(=NCc1ccc(CS(=O)(=O)NC(C)C)cc1)NCC(C)c1cccs1. The maximum absolute atomic E-state index is 12.0. The Bertz CT molecular complexity index is 861. The summed E-state index contributed by atoms with van der Waals surface area (Å²) in [6.07, 6.45) is 0. The highest BCUT2D eigenvalue weighted by Gasteiger charge is 2.13. The van der Waals surface area contributed by atoms with Crippen molar-refractivity contribution in [2.24, 2.45) is 4.99 Å². The van der Waals surface area contributed by atoms with Crippen LogP contribution in [0.3, 0.4) is 0 Å². The van der Waals surface area contributed by atoms with Crippen LogP contribution in [0.4, 0.5) is 0 Å². The van der Waals surface area contributed by atoms with Crippen LogP contribution in [0.5, 0.6) is 0 Å². The van der Waals surface area contributed by atoms with Crippen LogP contribution in [0.2, 0.25) is 0 Å². The molecule has 0 saturated heterocycles. The van der Waals surface area contributed by atoms with Crippen LogP contribution >= 0.6 is 11.3 Å². The Morgan fingerprint density at radius 3 is 2.34 bits per heavy atom.